The van der Waals surface area contributed by atoms with Crippen molar-refractivity contribution >= 4 is 28.4 Å². The van der Waals surface area contributed by atoms with Crippen molar-refractivity contribution < 1.29 is 4.79 Å². The number of amides is 1. The van der Waals surface area contributed by atoms with Gasteiger partial charge in [-0.2, -0.15) is 0 Å². The minimum Gasteiger partial charge on any atom is -0.383 e. The molecule has 2 heterocycles. The van der Waals surface area contributed by atoms with E-state index in [4.69, 9.17) is 5.73 Å². The quantitative estimate of drug-likeness (QED) is 0.477. The molecular weight excluding hydrogens is 404 g/mol. The predicted octanol–water partition coefficient (Wildman–Crippen LogP) is 0.219. The maximum Gasteiger partial charge on any atom is 0.330 e. The van der Waals surface area contributed by atoms with Gasteiger partial charge in [0.25, 0.3) is 11.5 Å². The Labute approximate surface area is 175 Å². The van der Waals surface area contributed by atoms with Gasteiger partial charge < -0.3 is 20.2 Å². The van der Waals surface area contributed by atoms with Crippen LogP contribution >= 0.6 is 0 Å². The van der Waals surface area contributed by atoms with Gasteiger partial charge in [-0.15, -0.1) is 0 Å². The molecule has 0 fully saturated rings. The molecule has 0 aliphatic carbocycles. The fourth-order valence-corrected chi connectivity index (χ4v) is 3.46. The molecule has 0 radical (unpaired) electrons. The minimum atomic E-state index is -0.795. The number of hydrogen-bond acceptors (Lipinski definition) is 6. The largest absolute Gasteiger partial charge is 0.383 e. The number of benzene rings is 1. The van der Waals surface area contributed by atoms with Crippen molar-refractivity contribution in [3.63, 3.8) is 0 Å². The molecule has 2 aromatic heterocycles. The third-order valence-electron chi connectivity index (χ3n) is 5.13. The monoisotopic (exact) mass is 428 g/mol. The third-order valence-corrected chi connectivity index (χ3v) is 5.13. The molecule has 11 heteroatoms. The molecule has 0 aliphatic heterocycles. The molecule has 0 atom stereocenters. The van der Waals surface area contributed by atoms with E-state index in [0.717, 1.165) is 11.3 Å². The molecule has 0 bridgehead atoms. The maximum absolute atomic E-state index is 13.1. The Kier molecular flexibility index (Phi) is 5.95. The van der Waals surface area contributed by atoms with Gasteiger partial charge in [-0.05, 0) is 31.5 Å². The first kappa shape index (κ1) is 21.8. The van der Waals surface area contributed by atoms with Crippen LogP contribution < -0.4 is 33.0 Å². The van der Waals surface area contributed by atoms with E-state index >= 15 is 0 Å². The van der Waals surface area contributed by atoms with Crippen molar-refractivity contribution in [2.24, 2.45) is 0 Å². The number of carbonyl (C=O) groups is 1. The van der Waals surface area contributed by atoms with Gasteiger partial charge in [-0.25, -0.2) is 4.79 Å². The summed E-state index contributed by atoms with van der Waals surface area (Å²) in [6, 6.07) is 4.47. The zero-order valence-corrected chi connectivity index (χ0v) is 17.5. The second-order valence-electron chi connectivity index (χ2n) is 7.10. The number of nitrogens with two attached hydrogens (primary N) is 1. The number of fused-ring (bicyclic) bond motifs is 1. The Morgan fingerprint density at radius 1 is 1.06 bits per heavy atom. The Balaban J connectivity index is 2.10. The lowest BCUT2D eigenvalue weighted by Gasteiger charge is -2.20. The summed E-state index contributed by atoms with van der Waals surface area (Å²) < 4.78 is 2.53. The number of rotatable bonds is 6. The van der Waals surface area contributed by atoms with Crippen molar-refractivity contribution in [1.29, 1.82) is 0 Å². The lowest BCUT2D eigenvalue weighted by Crippen LogP contribution is -2.39. The third kappa shape index (κ3) is 3.81. The number of aromatic amines is 2. The highest BCUT2D eigenvalue weighted by Gasteiger charge is 2.22. The molecule has 0 saturated heterocycles. The number of unbranched alkanes of at least 4 members (excludes halogenated alkanes) is 1. The Morgan fingerprint density at radius 3 is 2.42 bits per heavy atom. The number of anilines is 2. The summed E-state index contributed by atoms with van der Waals surface area (Å²) in [6.07, 6.45) is 1.48. The van der Waals surface area contributed by atoms with Crippen LogP contribution in [-0.4, -0.2) is 32.1 Å². The second-order valence-corrected chi connectivity index (χ2v) is 7.10. The second kappa shape index (κ2) is 8.46. The number of nitrogen functional groups attached to an aromatic ring is 1. The summed E-state index contributed by atoms with van der Waals surface area (Å²) in [7, 11) is 1.37. The fourth-order valence-electron chi connectivity index (χ4n) is 3.46. The smallest absolute Gasteiger partial charge is 0.330 e. The van der Waals surface area contributed by atoms with Crippen LogP contribution in [0.3, 0.4) is 0 Å². The van der Waals surface area contributed by atoms with Crippen LogP contribution in [0, 0.1) is 0 Å². The molecule has 4 N–H and O–H groups in total. The lowest BCUT2D eigenvalue weighted by molar-refractivity contribution is 0.0992. The van der Waals surface area contributed by atoms with Crippen LogP contribution in [0.5, 0.6) is 0 Å². The van der Waals surface area contributed by atoms with Crippen LogP contribution in [0.1, 0.15) is 37.0 Å². The average Bonchev–Trinajstić information content (AvgIpc) is 2.73. The normalized spacial score (nSPS) is 11.1. The molecule has 0 unspecified atom stereocenters. The zero-order chi connectivity index (χ0) is 22.9. The molecule has 3 aromatic rings. The summed E-state index contributed by atoms with van der Waals surface area (Å²) in [4.78, 5) is 67.2. The topological polar surface area (TPSA) is 156 Å². The summed E-state index contributed by atoms with van der Waals surface area (Å²) in [6.45, 7) is 4.28. The highest BCUT2D eigenvalue weighted by atomic mass is 16.2. The van der Waals surface area contributed by atoms with E-state index in [1.807, 2.05) is 6.92 Å². The molecule has 0 spiro atoms. The molecule has 0 aliphatic rings. The van der Waals surface area contributed by atoms with E-state index in [-0.39, 0.29) is 23.6 Å². The molecule has 0 saturated carbocycles. The summed E-state index contributed by atoms with van der Waals surface area (Å²) in [5, 5.41) is 0. The first-order chi connectivity index (χ1) is 14.7. The van der Waals surface area contributed by atoms with E-state index in [1.165, 1.54) is 28.3 Å². The van der Waals surface area contributed by atoms with Crippen molar-refractivity contribution in [3.05, 3.63) is 65.3 Å². The van der Waals surface area contributed by atoms with Gasteiger partial charge in [0.2, 0.25) is 0 Å². The zero-order valence-electron chi connectivity index (χ0n) is 17.5. The van der Waals surface area contributed by atoms with Gasteiger partial charge in [-0.3, -0.25) is 28.7 Å². The molecule has 164 valence electrons. The van der Waals surface area contributed by atoms with Crippen molar-refractivity contribution in [1.82, 2.24) is 19.1 Å². The van der Waals surface area contributed by atoms with Crippen molar-refractivity contribution in [3.8, 4) is 0 Å². The van der Waals surface area contributed by atoms with Gasteiger partial charge >= 0.3 is 16.8 Å². The van der Waals surface area contributed by atoms with E-state index < -0.39 is 28.3 Å². The van der Waals surface area contributed by atoms with Crippen molar-refractivity contribution in [2.75, 3.05) is 17.7 Å². The summed E-state index contributed by atoms with van der Waals surface area (Å²) >= 11 is 0. The first-order valence-corrected chi connectivity index (χ1v) is 9.88. The first-order valence-electron chi connectivity index (χ1n) is 9.88. The maximum atomic E-state index is 13.1. The number of carbonyl (C=O) groups excluding carboxylic acids is 1. The van der Waals surface area contributed by atoms with Crippen LogP contribution in [0.25, 0.3) is 11.0 Å². The van der Waals surface area contributed by atoms with Gasteiger partial charge in [0, 0.05) is 25.7 Å². The van der Waals surface area contributed by atoms with Gasteiger partial charge in [0.15, 0.2) is 5.69 Å². The van der Waals surface area contributed by atoms with E-state index in [0.29, 0.717) is 24.0 Å². The number of hydrogen-bond donors (Lipinski definition) is 3. The Bertz CT molecular complexity index is 1390. The molecular formula is C20H24N6O5. The standard InChI is InChI=1S/C20H24N6O5/c1-4-6-9-26-15(21)14(16(27)23-20(26)31)24(3)18(29)11-7-8-13-12(10-11)22-17(28)19(30)25(13)5-2/h7-8,10H,4-6,9,21H2,1-3H3,(H,22,28)(H,23,27,31). The Morgan fingerprint density at radius 2 is 1.77 bits per heavy atom. The predicted molar refractivity (Wildman–Crippen MR) is 118 cm³/mol. The highest BCUT2D eigenvalue weighted by molar-refractivity contribution is 6.08. The lowest BCUT2D eigenvalue weighted by atomic mass is 10.1. The SMILES string of the molecule is CCCCn1c(N)c(N(C)C(=O)c2ccc3c(c2)[nH]c(=O)c(=O)n3CC)c(=O)[nH]c1=O. The van der Waals surface area contributed by atoms with Gasteiger partial charge in [0.1, 0.15) is 5.82 Å². The highest BCUT2D eigenvalue weighted by Crippen LogP contribution is 2.19. The Hall–Kier alpha value is -3.89. The van der Waals surface area contributed by atoms with Crippen LogP contribution in [0.15, 0.2) is 37.4 Å². The van der Waals surface area contributed by atoms with Crippen LogP contribution in [0.4, 0.5) is 11.5 Å². The molecule has 3 rings (SSSR count). The number of H-pyrrole nitrogens is 2. The molecule has 31 heavy (non-hydrogen) atoms. The fraction of sp³-hybridized carbons (Fsp3) is 0.350. The number of aromatic nitrogens is 4. The van der Waals surface area contributed by atoms with Crippen LogP contribution in [0.2, 0.25) is 0 Å². The molecule has 11 nitrogen and oxygen atoms in total. The van der Waals surface area contributed by atoms with Gasteiger partial charge in [0.05, 0.1) is 11.0 Å². The minimum absolute atomic E-state index is 0.105. The van der Waals surface area contributed by atoms with Crippen molar-refractivity contribution in [2.45, 2.75) is 39.8 Å². The van der Waals surface area contributed by atoms with Gasteiger partial charge in [-0.1, -0.05) is 13.3 Å². The molecule has 1 amide bonds. The number of aryl methyl sites for hydroxylation is 1. The summed E-state index contributed by atoms with van der Waals surface area (Å²) in [5.41, 5.74) is 3.97. The summed E-state index contributed by atoms with van der Waals surface area (Å²) in [5.74, 6) is -0.679. The average molecular weight is 428 g/mol. The van der Waals surface area contributed by atoms with Crippen LogP contribution in [-0.2, 0) is 13.1 Å². The molecule has 1 aromatic carbocycles. The van der Waals surface area contributed by atoms with E-state index in [9.17, 15) is 24.0 Å². The number of nitrogens with one attached hydrogen (secondary N) is 2. The number of nitrogens with zero attached hydrogens (tertiary/aromatic N) is 3. The van der Waals surface area contributed by atoms with E-state index in [1.54, 1.807) is 13.0 Å². The van der Waals surface area contributed by atoms with E-state index in [2.05, 4.69) is 9.97 Å².